The van der Waals surface area contributed by atoms with E-state index in [1.807, 2.05) is 0 Å². The van der Waals surface area contributed by atoms with Crippen molar-refractivity contribution in [1.82, 2.24) is 4.57 Å². The zero-order chi connectivity index (χ0) is 91.5. The standard InChI is InChI=1S/C70H50N2.C64H47N/c1-69(2)62-33-17-12-28-54(62)58-43-42-52(46-66(58)69)71(51-40-38-48(39-41-51)47-22-6-3-7-23-47)53-44-60(68-61(45-53)59-32-16-21-37-67(59)72(68)50-26-10-5-11-27-50)57-31-15-20-36-65(57)70(49-24-8-4-9-25-49)63-34-18-13-29-55(63)56-30-14-19-35-64(56)70;1-63(2)58-31-13-10-28-54(58)57-40-37-47(43-62(57)63)46-21-17-25-51(41-46)65(50-38-35-45(36-39-50)44-19-5-3-6-20-44)52-26-18-22-48(42-52)53-27-9-14-32-59(53)64(49-23-7-4-8-24-49)60-33-15-11-29-55(60)56-30-12-16-34-61(56)64/h3-46H,1-2H3;3-43H,1-2H3. The van der Waals surface area contributed by atoms with Gasteiger partial charge in [0.05, 0.1) is 21.9 Å². The Balaban J connectivity index is 0.000000146. The molecule has 0 aliphatic heterocycles. The van der Waals surface area contributed by atoms with Crippen LogP contribution in [0.4, 0.5) is 34.1 Å². The minimum atomic E-state index is -0.621. The maximum atomic E-state index is 2.50. The van der Waals surface area contributed by atoms with Crippen molar-refractivity contribution >= 4 is 55.9 Å². The van der Waals surface area contributed by atoms with E-state index in [1.54, 1.807) is 0 Å². The van der Waals surface area contributed by atoms with E-state index in [0.29, 0.717) is 0 Å². The van der Waals surface area contributed by atoms with Gasteiger partial charge in [-0.25, -0.2) is 0 Å². The second kappa shape index (κ2) is 33.0. The van der Waals surface area contributed by atoms with Crippen molar-refractivity contribution in [2.75, 3.05) is 9.80 Å². The van der Waals surface area contributed by atoms with Gasteiger partial charge in [0.15, 0.2) is 0 Å². The second-order valence-electron chi connectivity index (χ2n) is 38.0. The lowest BCUT2D eigenvalue weighted by Gasteiger charge is -2.36. The smallest absolute Gasteiger partial charge is 0.0719 e. The van der Waals surface area contributed by atoms with Gasteiger partial charge in [-0.15, -0.1) is 0 Å². The van der Waals surface area contributed by atoms with E-state index in [-0.39, 0.29) is 10.8 Å². The molecule has 1 aromatic heterocycles. The van der Waals surface area contributed by atoms with Crippen molar-refractivity contribution in [2.24, 2.45) is 0 Å². The Bertz CT molecular complexity index is 8340. The fraction of sp³-hybridized carbons (Fsp3) is 0.0597. The van der Waals surface area contributed by atoms with E-state index in [9.17, 15) is 0 Å². The number of rotatable bonds is 16. The van der Waals surface area contributed by atoms with Gasteiger partial charge in [0, 0.05) is 67.0 Å². The predicted molar refractivity (Wildman–Crippen MR) is 574 cm³/mol. The summed E-state index contributed by atoms with van der Waals surface area (Å²) in [6.07, 6.45) is 0. The molecule has 0 saturated heterocycles. The maximum absolute atomic E-state index is 2.50. The third kappa shape index (κ3) is 13.2. The molecule has 1 heterocycles. The Labute approximate surface area is 802 Å². The number of anilines is 6. The Kier molecular flexibility index (Phi) is 19.8. The summed E-state index contributed by atoms with van der Waals surface area (Å²) in [5.41, 5.74) is 46.7. The largest absolute Gasteiger partial charge is 0.310 e. The van der Waals surface area contributed by atoms with Gasteiger partial charge >= 0.3 is 0 Å². The molecule has 0 fully saturated rings. The molecule has 3 heteroatoms. The number of benzene rings is 21. The van der Waals surface area contributed by atoms with Crippen LogP contribution in [-0.4, -0.2) is 4.57 Å². The van der Waals surface area contributed by atoms with Crippen molar-refractivity contribution in [3.8, 4) is 106 Å². The molecule has 0 amide bonds. The molecule has 4 aliphatic carbocycles. The van der Waals surface area contributed by atoms with Crippen LogP contribution >= 0.6 is 0 Å². The molecule has 0 saturated carbocycles. The van der Waals surface area contributed by atoms with E-state index >= 15 is 0 Å². The topological polar surface area (TPSA) is 11.4 Å². The molecule has 137 heavy (non-hydrogen) atoms. The predicted octanol–water partition coefficient (Wildman–Crippen LogP) is 35.1. The first-order valence-corrected chi connectivity index (χ1v) is 47.9. The zero-order valence-corrected chi connectivity index (χ0v) is 76.9. The SMILES string of the molecule is CC1(C)c2ccccc2-c2ccc(-c3cccc(N(c4ccc(-c5ccccc5)cc4)c4cccc(-c5ccccc5C5(c6ccccc6)c6ccccc6-c6ccccc65)c4)c3)cc21.CC1(C)c2ccccc2-c2ccc(N(c3ccc(-c4ccccc4)cc3)c3cc(-c4ccccc4C4(c5ccccc5)c5ccccc5-c5ccccc54)c4c(c3)c3ccccc3n4-c3ccccc3)cc21. The summed E-state index contributed by atoms with van der Waals surface area (Å²) in [6.45, 7) is 9.47. The normalized spacial score (nSPS) is 13.6. The van der Waals surface area contributed by atoms with Crippen LogP contribution in [0, 0.1) is 0 Å². The van der Waals surface area contributed by atoms with Crippen LogP contribution in [0.1, 0.15) is 94.5 Å². The van der Waals surface area contributed by atoms with Gasteiger partial charge < -0.3 is 14.4 Å². The van der Waals surface area contributed by atoms with Crippen molar-refractivity contribution in [1.29, 1.82) is 0 Å². The van der Waals surface area contributed by atoms with Gasteiger partial charge in [-0.2, -0.15) is 0 Å². The molecule has 0 spiro atoms. The molecular formula is C134H97N3. The fourth-order valence-corrected chi connectivity index (χ4v) is 23.8. The molecule has 0 atom stereocenters. The van der Waals surface area contributed by atoms with E-state index in [4.69, 9.17) is 0 Å². The number of fused-ring (bicyclic) bond motifs is 15. The summed E-state index contributed by atoms with van der Waals surface area (Å²) in [5.74, 6) is 0. The van der Waals surface area contributed by atoms with Gasteiger partial charge in [-0.3, -0.25) is 0 Å². The first-order chi connectivity index (χ1) is 67.5. The monoisotopic (exact) mass is 1750 g/mol. The summed E-state index contributed by atoms with van der Waals surface area (Å²) in [7, 11) is 0. The average Bonchev–Trinajstić information content (AvgIpc) is 1.53. The van der Waals surface area contributed by atoms with Crippen LogP contribution in [-0.2, 0) is 21.7 Å². The molecule has 22 aromatic rings. The lowest BCUT2D eigenvalue weighted by Crippen LogP contribution is -2.29. The average molecular weight is 1750 g/mol. The van der Waals surface area contributed by atoms with Gasteiger partial charge in [0.2, 0.25) is 0 Å². The van der Waals surface area contributed by atoms with E-state index in [0.717, 1.165) is 50.9 Å². The van der Waals surface area contributed by atoms with Crippen LogP contribution in [0.25, 0.3) is 128 Å². The van der Waals surface area contributed by atoms with Crippen molar-refractivity contribution in [3.63, 3.8) is 0 Å². The quantitative estimate of drug-likeness (QED) is 0.0955. The lowest BCUT2D eigenvalue weighted by molar-refractivity contribution is 0.660. The van der Waals surface area contributed by atoms with Gasteiger partial charge in [-0.1, -0.05) is 446 Å². The molecule has 648 valence electrons. The molecule has 0 bridgehead atoms. The Hall–Kier alpha value is -17.0. The molecule has 4 aliphatic rings. The second-order valence-corrected chi connectivity index (χ2v) is 38.0. The summed E-state index contributed by atoms with van der Waals surface area (Å²) >= 11 is 0. The first kappa shape index (κ1) is 82.0. The first-order valence-electron chi connectivity index (χ1n) is 47.9. The fourth-order valence-electron chi connectivity index (χ4n) is 23.8. The Morgan fingerprint density at radius 3 is 0.934 bits per heavy atom. The van der Waals surface area contributed by atoms with Crippen LogP contribution in [0.15, 0.2) is 516 Å². The Morgan fingerprint density at radius 2 is 0.467 bits per heavy atom. The highest BCUT2D eigenvalue weighted by Crippen LogP contribution is 2.62. The van der Waals surface area contributed by atoms with Gasteiger partial charge in [-0.05, 0) is 258 Å². The molecule has 0 radical (unpaired) electrons. The van der Waals surface area contributed by atoms with E-state index in [2.05, 4.69) is 558 Å². The van der Waals surface area contributed by atoms with E-state index in [1.165, 1.54) is 178 Å². The summed E-state index contributed by atoms with van der Waals surface area (Å²) in [6, 6.07) is 191. The van der Waals surface area contributed by atoms with Crippen molar-refractivity contribution < 1.29 is 0 Å². The molecule has 3 nitrogen and oxygen atoms in total. The maximum Gasteiger partial charge on any atom is 0.0719 e. The Morgan fingerprint density at radius 1 is 0.168 bits per heavy atom. The van der Waals surface area contributed by atoms with Crippen LogP contribution in [0.5, 0.6) is 0 Å². The molecular weight excluding hydrogens is 1650 g/mol. The number of para-hydroxylation sites is 2. The molecule has 21 aromatic carbocycles. The highest BCUT2D eigenvalue weighted by molar-refractivity contribution is 6.16. The summed E-state index contributed by atoms with van der Waals surface area (Å²) in [4.78, 5) is 4.92. The number of hydrogen-bond acceptors (Lipinski definition) is 2. The third-order valence-electron chi connectivity index (χ3n) is 30.0. The summed E-state index contributed by atoms with van der Waals surface area (Å²) < 4.78 is 2.50. The molecule has 0 unspecified atom stereocenters. The number of aromatic nitrogens is 1. The minimum Gasteiger partial charge on any atom is -0.310 e. The summed E-state index contributed by atoms with van der Waals surface area (Å²) in [5, 5.41) is 2.40. The van der Waals surface area contributed by atoms with Crippen LogP contribution < -0.4 is 9.80 Å². The lowest BCUT2D eigenvalue weighted by atomic mass is 9.66. The number of nitrogens with zero attached hydrogens (tertiary/aromatic N) is 3. The van der Waals surface area contributed by atoms with Gasteiger partial charge in [0.25, 0.3) is 0 Å². The molecule has 0 N–H and O–H groups in total. The van der Waals surface area contributed by atoms with E-state index < -0.39 is 10.8 Å². The minimum absolute atomic E-state index is 0.0788. The highest BCUT2D eigenvalue weighted by atomic mass is 15.1. The van der Waals surface area contributed by atoms with Gasteiger partial charge in [0.1, 0.15) is 0 Å². The third-order valence-corrected chi connectivity index (χ3v) is 30.0. The van der Waals surface area contributed by atoms with Crippen LogP contribution in [0.3, 0.4) is 0 Å². The highest BCUT2D eigenvalue weighted by Gasteiger charge is 2.50. The number of hydrogen-bond donors (Lipinski definition) is 0. The van der Waals surface area contributed by atoms with Crippen molar-refractivity contribution in [3.05, 3.63) is 582 Å². The van der Waals surface area contributed by atoms with Crippen molar-refractivity contribution in [2.45, 2.75) is 49.4 Å². The zero-order valence-electron chi connectivity index (χ0n) is 76.9. The van der Waals surface area contributed by atoms with Crippen LogP contribution in [0.2, 0.25) is 0 Å². The molecule has 26 rings (SSSR count).